The molecule has 0 aliphatic rings. The highest BCUT2D eigenvalue weighted by atomic mass is 35.5. The van der Waals surface area contributed by atoms with Crippen molar-refractivity contribution in [1.82, 2.24) is 9.97 Å². The Bertz CT molecular complexity index is 488. The van der Waals surface area contributed by atoms with Gasteiger partial charge in [-0.25, -0.2) is 0 Å². The minimum Gasteiger partial charge on any atom is -0.437 e. The Hall–Kier alpha value is -1.61. The highest BCUT2D eigenvalue weighted by molar-refractivity contribution is 6.29. The van der Waals surface area contributed by atoms with Crippen molar-refractivity contribution in [2.24, 2.45) is 0 Å². The zero-order valence-electron chi connectivity index (χ0n) is 8.85. The topological polar surface area (TPSA) is 35.0 Å². The zero-order valence-corrected chi connectivity index (χ0v) is 9.61. The number of benzene rings is 1. The zero-order chi connectivity index (χ0) is 11.4. The first-order valence-electron chi connectivity index (χ1n) is 5.02. The van der Waals surface area contributed by atoms with Gasteiger partial charge in [-0.2, -0.15) is 4.98 Å². The highest BCUT2D eigenvalue weighted by Crippen LogP contribution is 2.20. The van der Waals surface area contributed by atoms with Gasteiger partial charge in [-0.3, -0.25) is 4.98 Å². The SMILES string of the molecule is CCc1cccc(Oc2cncc(Cl)n2)c1. The number of aryl methyl sites for hydroxylation is 1. The van der Waals surface area contributed by atoms with Crippen LogP contribution in [0.3, 0.4) is 0 Å². The van der Waals surface area contributed by atoms with E-state index in [1.165, 1.54) is 18.0 Å². The van der Waals surface area contributed by atoms with Gasteiger partial charge in [-0.15, -0.1) is 0 Å². The molecule has 82 valence electrons. The van der Waals surface area contributed by atoms with E-state index in [4.69, 9.17) is 16.3 Å². The molecule has 0 bridgehead atoms. The predicted molar refractivity (Wildman–Crippen MR) is 62.9 cm³/mol. The Kier molecular flexibility index (Phi) is 3.37. The van der Waals surface area contributed by atoms with Gasteiger partial charge in [0, 0.05) is 0 Å². The number of hydrogen-bond donors (Lipinski definition) is 0. The van der Waals surface area contributed by atoms with Gasteiger partial charge in [0.05, 0.1) is 12.4 Å². The van der Waals surface area contributed by atoms with Gasteiger partial charge in [-0.1, -0.05) is 30.7 Å². The fourth-order valence-corrected chi connectivity index (χ4v) is 1.46. The Balaban J connectivity index is 2.20. The van der Waals surface area contributed by atoms with E-state index >= 15 is 0 Å². The molecule has 2 aromatic rings. The molecule has 0 fully saturated rings. The van der Waals surface area contributed by atoms with Gasteiger partial charge in [-0.05, 0) is 24.1 Å². The predicted octanol–water partition coefficient (Wildman–Crippen LogP) is 3.48. The summed E-state index contributed by atoms with van der Waals surface area (Å²) in [6.45, 7) is 2.10. The normalized spacial score (nSPS) is 10.1. The summed E-state index contributed by atoms with van der Waals surface area (Å²) in [5.74, 6) is 1.15. The van der Waals surface area contributed by atoms with Crippen LogP contribution in [-0.2, 0) is 6.42 Å². The van der Waals surface area contributed by atoms with Gasteiger partial charge in [0.15, 0.2) is 5.15 Å². The van der Waals surface area contributed by atoms with Crippen molar-refractivity contribution in [3.8, 4) is 11.6 Å². The van der Waals surface area contributed by atoms with Gasteiger partial charge in [0.1, 0.15) is 5.75 Å². The molecule has 2 rings (SSSR count). The number of hydrogen-bond acceptors (Lipinski definition) is 3. The largest absolute Gasteiger partial charge is 0.437 e. The van der Waals surface area contributed by atoms with E-state index in [2.05, 4.69) is 23.0 Å². The summed E-state index contributed by atoms with van der Waals surface area (Å²) in [4.78, 5) is 7.91. The third-order valence-corrected chi connectivity index (χ3v) is 2.29. The summed E-state index contributed by atoms with van der Waals surface area (Å²) >= 11 is 5.72. The minimum atomic E-state index is 0.323. The molecule has 0 saturated carbocycles. The molecule has 3 nitrogen and oxygen atoms in total. The van der Waals surface area contributed by atoms with Crippen LogP contribution in [0.1, 0.15) is 12.5 Å². The second kappa shape index (κ2) is 4.94. The molecule has 0 N–H and O–H groups in total. The van der Waals surface area contributed by atoms with E-state index in [0.717, 1.165) is 12.2 Å². The van der Waals surface area contributed by atoms with Gasteiger partial charge >= 0.3 is 0 Å². The molecular formula is C12H11ClN2O. The van der Waals surface area contributed by atoms with Crippen molar-refractivity contribution in [2.75, 3.05) is 0 Å². The van der Waals surface area contributed by atoms with Crippen LogP contribution < -0.4 is 4.74 Å². The van der Waals surface area contributed by atoms with Crippen LogP contribution in [0.15, 0.2) is 36.7 Å². The molecule has 0 aliphatic heterocycles. The first-order chi connectivity index (χ1) is 7.78. The molecule has 1 aromatic carbocycles. The number of aromatic nitrogens is 2. The quantitative estimate of drug-likeness (QED) is 0.816. The number of rotatable bonds is 3. The van der Waals surface area contributed by atoms with Gasteiger partial charge in [0.25, 0.3) is 0 Å². The number of nitrogens with zero attached hydrogens (tertiary/aromatic N) is 2. The lowest BCUT2D eigenvalue weighted by atomic mass is 10.2. The Labute approximate surface area is 99.1 Å². The van der Waals surface area contributed by atoms with Crippen molar-refractivity contribution in [2.45, 2.75) is 13.3 Å². The van der Waals surface area contributed by atoms with E-state index < -0.39 is 0 Å². The molecular weight excluding hydrogens is 224 g/mol. The summed E-state index contributed by atoms with van der Waals surface area (Å²) in [7, 11) is 0. The van der Waals surface area contributed by atoms with Crippen molar-refractivity contribution in [3.05, 3.63) is 47.4 Å². The van der Waals surface area contributed by atoms with Crippen LogP contribution in [0.5, 0.6) is 11.6 Å². The molecule has 0 atom stereocenters. The lowest BCUT2D eigenvalue weighted by Crippen LogP contribution is -1.90. The lowest BCUT2D eigenvalue weighted by molar-refractivity contribution is 0.459. The summed E-state index contributed by atoms with van der Waals surface area (Å²) in [6.07, 6.45) is 3.97. The van der Waals surface area contributed by atoms with E-state index in [0.29, 0.717) is 11.0 Å². The maximum Gasteiger partial charge on any atom is 0.239 e. The molecule has 1 aromatic heterocycles. The van der Waals surface area contributed by atoms with Crippen molar-refractivity contribution >= 4 is 11.6 Å². The van der Waals surface area contributed by atoms with Crippen LogP contribution in [0.2, 0.25) is 5.15 Å². The third-order valence-electron chi connectivity index (χ3n) is 2.11. The molecule has 16 heavy (non-hydrogen) atoms. The Morgan fingerprint density at radius 3 is 2.94 bits per heavy atom. The molecule has 4 heteroatoms. The van der Waals surface area contributed by atoms with Crippen LogP contribution in [-0.4, -0.2) is 9.97 Å². The van der Waals surface area contributed by atoms with E-state index in [1.807, 2.05) is 18.2 Å². The van der Waals surface area contributed by atoms with Crippen LogP contribution in [0, 0.1) is 0 Å². The molecule has 0 radical (unpaired) electrons. The smallest absolute Gasteiger partial charge is 0.239 e. The van der Waals surface area contributed by atoms with Crippen molar-refractivity contribution in [3.63, 3.8) is 0 Å². The van der Waals surface area contributed by atoms with Gasteiger partial charge < -0.3 is 4.74 Å². The number of ether oxygens (including phenoxy) is 1. The Morgan fingerprint density at radius 1 is 1.31 bits per heavy atom. The average Bonchev–Trinajstić information content (AvgIpc) is 2.29. The fourth-order valence-electron chi connectivity index (χ4n) is 1.32. The molecule has 0 aliphatic carbocycles. The monoisotopic (exact) mass is 234 g/mol. The molecule has 0 unspecified atom stereocenters. The fraction of sp³-hybridized carbons (Fsp3) is 0.167. The Morgan fingerprint density at radius 2 is 2.19 bits per heavy atom. The second-order valence-electron chi connectivity index (χ2n) is 3.28. The van der Waals surface area contributed by atoms with Crippen molar-refractivity contribution < 1.29 is 4.74 Å². The summed E-state index contributed by atoms with van der Waals surface area (Å²) in [6, 6.07) is 7.85. The highest BCUT2D eigenvalue weighted by Gasteiger charge is 2.00. The molecule has 0 amide bonds. The van der Waals surface area contributed by atoms with E-state index in [-0.39, 0.29) is 0 Å². The van der Waals surface area contributed by atoms with Crippen molar-refractivity contribution in [1.29, 1.82) is 0 Å². The first kappa shape index (κ1) is 10.9. The third kappa shape index (κ3) is 2.70. The van der Waals surface area contributed by atoms with E-state index in [1.54, 1.807) is 0 Å². The maximum atomic E-state index is 5.72. The summed E-state index contributed by atoms with van der Waals surface area (Å²) in [5.41, 5.74) is 1.22. The maximum absolute atomic E-state index is 5.72. The summed E-state index contributed by atoms with van der Waals surface area (Å²) < 4.78 is 5.54. The average molecular weight is 235 g/mol. The van der Waals surface area contributed by atoms with Gasteiger partial charge in [0.2, 0.25) is 5.88 Å². The van der Waals surface area contributed by atoms with Crippen LogP contribution in [0.25, 0.3) is 0 Å². The second-order valence-corrected chi connectivity index (χ2v) is 3.67. The molecule has 0 saturated heterocycles. The van der Waals surface area contributed by atoms with Crippen LogP contribution in [0.4, 0.5) is 0 Å². The first-order valence-corrected chi connectivity index (χ1v) is 5.40. The number of halogens is 1. The van der Waals surface area contributed by atoms with Crippen LogP contribution >= 0.6 is 11.6 Å². The molecule has 1 heterocycles. The van der Waals surface area contributed by atoms with E-state index in [9.17, 15) is 0 Å². The summed E-state index contributed by atoms with van der Waals surface area (Å²) in [5, 5.41) is 0.323. The lowest BCUT2D eigenvalue weighted by Gasteiger charge is -2.05. The minimum absolute atomic E-state index is 0.323. The standard InChI is InChI=1S/C12H11ClN2O/c1-2-9-4-3-5-10(6-9)16-12-8-14-7-11(13)15-12/h3-8H,2H2,1H3. The molecule has 0 spiro atoms.